The van der Waals surface area contributed by atoms with E-state index >= 15 is 0 Å². The number of anilines is 1. The molecule has 0 radical (unpaired) electrons. The third-order valence-electron chi connectivity index (χ3n) is 7.36. The molecule has 0 saturated carbocycles. The number of imidazole rings is 1. The maximum atomic E-state index is 12.7. The predicted molar refractivity (Wildman–Crippen MR) is 137 cm³/mol. The number of nitrogens with zero attached hydrogens (tertiary/aromatic N) is 5. The molecule has 8 atom stereocenters. The van der Waals surface area contributed by atoms with Crippen molar-refractivity contribution in [2.75, 3.05) is 24.9 Å². The maximum absolute atomic E-state index is 12.7. The molecular weight excluding hydrogens is 598 g/mol. The fourth-order valence-corrected chi connectivity index (χ4v) is 8.19. The molecule has 0 aliphatic carbocycles. The summed E-state index contributed by atoms with van der Waals surface area (Å²) >= 11 is 6.09. The Hall–Kier alpha value is -1.75. The molecule has 3 saturated heterocycles. The third kappa shape index (κ3) is 6.35. The van der Waals surface area contributed by atoms with Crippen molar-refractivity contribution in [1.82, 2.24) is 24.4 Å². The number of nitrogens with one attached hydrogen (secondary N) is 1. The van der Waals surface area contributed by atoms with Crippen molar-refractivity contribution < 1.29 is 52.8 Å². The normalized spacial score (nSPS) is 32.3. The number of aromatic nitrogens is 4. The number of halogens is 1. The lowest BCUT2D eigenvalue weighted by Crippen LogP contribution is -2.43. The van der Waals surface area contributed by atoms with E-state index in [2.05, 4.69) is 32.2 Å². The molecule has 6 N–H and O–H groups in total. The Morgan fingerprint density at radius 2 is 1.85 bits per heavy atom. The predicted octanol–water partition coefficient (Wildman–Crippen LogP) is 0.610. The molecular formula is C20H29ClN6O11P2. The van der Waals surface area contributed by atoms with Crippen LogP contribution in [0.5, 0.6) is 0 Å². The molecule has 17 nitrogen and oxygen atoms in total. The van der Waals surface area contributed by atoms with E-state index in [0.29, 0.717) is 12.1 Å². The number of carbonyl (C=O) groups is 1. The van der Waals surface area contributed by atoms with Gasteiger partial charge in [0.05, 0.1) is 12.9 Å². The van der Waals surface area contributed by atoms with Crippen molar-refractivity contribution in [2.45, 2.75) is 68.4 Å². The van der Waals surface area contributed by atoms with E-state index < -0.39 is 58.3 Å². The number of hydrogen-bond acceptors (Lipinski definition) is 12. The number of amides is 1. The van der Waals surface area contributed by atoms with E-state index in [1.807, 2.05) is 0 Å². The second kappa shape index (κ2) is 11.2. The highest BCUT2D eigenvalue weighted by atomic mass is 35.5. The summed E-state index contributed by atoms with van der Waals surface area (Å²) in [5, 5.41) is 23.3. The van der Waals surface area contributed by atoms with Crippen LogP contribution in [0.15, 0.2) is 6.33 Å². The van der Waals surface area contributed by atoms with Gasteiger partial charge in [-0.3, -0.25) is 19.0 Å². The summed E-state index contributed by atoms with van der Waals surface area (Å²) in [5.41, 5.74) is 0.107. The van der Waals surface area contributed by atoms with Gasteiger partial charge in [-0.2, -0.15) is 9.97 Å². The van der Waals surface area contributed by atoms with Crippen LogP contribution >= 0.6 is 26.8 Å². The van der Waals surface area contributed by atoms with E-state index in [1.165, 1.54) is 10.9 Å². The average Bonchev–Trinajstić information content (AvgIpc) is 3.42. The van der Waals surface area contributed by atoms with Crippen LogP contribution in [0.2, 0.25) is 5.28 Å². The monoisotopic (exact) mass is 626 g/mol. The van der Waals surface area contributed by atoms with Gasteiger partial charge in [0.2, 0.25) is 5.28 Å². The smallest absolute Gasteiger partial charge is 0.413 e. The summed E-state index contributed by atoms with van der Waals surface area (Å²) in [6.07, 6.45) is -2.11. The second-order valence-corrected chi connectivity index (χ2v) is 14.5. The zero-order valence-corrected chi connectivity index (χ0v) is 23.6. The Labute approximate surface area is 232 Å². The molecule has 3 fully saturated rings. The zero-order valence-electron chi connectivity index (χ0n) is 21.1. The van der Waals surface area contributed by atoms with E-state index in [9.17, 15) is 29.0 Å². The number of piperidine rings is 1. The van der Waals surface area contributed by atoms with Crippen LogP contribution in [0.3, 0.4) is 0 Å². The van der Waals surface area contributed by atoms with Crippen LogP contribution in [0.4, 0.5) is 10.6 Å². The van der Waals surface area contributed by atoms with E-state index in [4.69, 9.17) is 35.4 Å². The van der Waals surface area contributed by atoms with Gasteiger partial charge >= 0.3 is 21.3 Å². The quantitative estimate of drug-likeness (QED) is 0.174. The SMILES string of the molecule is CN1[C@@H]2CC[C@H]1C[C@@H](OC(=O)Nc1nc(Cl)nc3c1ncn3[C@@H]1O[C@H](COP(=O)(O)CP(=O)(O)O)[C@H](O)[C@@H]1O)C2. The molecule has 2 aromatic heterocycles. The van der Waals surface area contributed by atoms with Crippen molar-refractivity contribution in [1.29, 1.82) is 0 Å². The molecule has 3 aliphatic heterocycles. The Kier molecular flexibility index (Phi) is 8.29. The minimum atomic E-state index is -4.86. The van der Waals surface area contributed by atoms with Crippen molar-refractivity contribution >= 4 is 49.9 Å². The molecule has 3 aliphatic rings. The van der Waals surface area contributed by atoms with E-state index in [0.717, 1.165) is 25.7 Å². The van der Waals surface area contributed by atoms with Gasteiger partial charge in [0.25, 0.3) is 0 Å². The number of hydrogen-bond donors (Lipinski definition) is 6. The number of ether oxygens (including phenoxy) is 2. The molecule has 5 heterocycles. The third-order valence-corrected chi connectivity index (χ3v) is 11.0. The van der Waals surface area contributed by atoms with Crippen molar-refractivity contribution in [2.24, 2.45) is 0 Å². The summed E-state index contributed by atoms with van der Waals surface area (Å²) in [4.78, 5) is 54.9. The highest BCUT2D eigenvalue weighted by Gasteiger charge is 2.46. The molecule has 20 heteroatoms. The highest BCUT2D eigenvalue weighted by molar-refractivity contribution is 7.70. The average molecular weight is 627 g/mol. The molecule has 5 rings (SSSR count). The van der Waals surface area contributed by atoms with Gasteiger partial charge < -0.3 is 43.8 Å². The van der Waals surface area contributed by atoms with Crippen molar-refractivity contribution in [3.63, 3.8) is 0 Å². The topological polar surface area (TPSA) is 239 Å². The molecule has 2 bridgehead atoms. The lowest BCUT2D eigenvalue weighted by Gasteiger charge is -2.35. The summed E-state index contributed by atoms with van der Waals surface area (Å²) in [6.45, 7) is -0.762. The van der Waals surface area contributed by atoms with E-state index in [1.54, 1.807) is 0 Å². The minimum Gasteiger partial charge on any atom is -0.446 e. The van der Waals surface area contributed by atoms with Crippen LogP contribution in [-0.2, 0) is 23.1 Å². The number of carbonyl (C=O) groups excluding carboxylic acids is 1. The Balaban J connectivity index is 1.28. The standard InChI is InChI=1S/C20H29ClN6O11P2/c1-26-9-2-3-10(26)5-11(4-9)37-20(30)24-16-13-17(25-19(21)23-16)27(7-22-13)18-15(29)14(28)12(38-18)6-36-40(34,35)8-39(31,32)33/h7,9-12,14-15,18,28-29H,2-6,8H2,1H3,(H,34,35)(H2,31,32,33)(H,23,24,25,30)/t9-,10+,11+,12-,14+,15+,18-/m1/s1. The molecule has 0 spiro atoms. The first kappa shape index (κ1) is 29.7. The fraction of sp³-hybridized carbons (Fsp3) is 0.700. The van der Waals surface area contributed by atoms with Gasteiger partial charge in [0.1, 0.15) is 24.4 Å². The molecule has 2 aromatic rings. The summed E-state index contributed by atoms with van der Waals surface area (Å²) in [5.74, 6) is -1.48. The van der Waals surface area contributed by atoms with Gasteiger partial charge in [0.15, 0.2) is 29.1 Å². The van der Waals surface area contributed by atoms with Crippen molar-refractivity contribution in [3.05, 3.63) is 11.6 Å². The first-order valence-electron chi connectivity index (χ1n) is 12.3. The molecule has 0 aromatic carbocycles. The van der Waals surface area contributed by atoms with Crippen LogP contribution in [0, 0.1) is 0 Å². The van der Waals surface area contributed by atoms with Gasteiger partial charge in [-0.05, 0) is 31.5 Å². The van der Waals surface area contributed by atoms with E-state index in [-0.39, 0.29) is 28.4 Å². The highest BCUT2D eigenvalue weighted by Crippen LogP contribution is 2.55. The largest absolute Gasteiger partial charge is 0.446 e. The summed E-state index contributed by atoms with van der Waals surface area (Å²) in [6, 6.07) is 0.732. The Bertz CT molecular complexity index is 1360. The number of fused-ring (bicyclic) bond motifs is 3. The Morgan fingerprint density at radius 3 is 2.50 bits per heavy atom. The first-order valence-corrected chi connectivity index (χ1v) is 16.3. The molecule has 1 amide bonds. The van der Waals surface area contributed by atoms with Gasteiger partial charge in [-0.15, -0.1) is 0 Å². The molecule has 40 heavy (non-hydrogen) atoms. The minimum absolute atomic E-state index is 0.0276. The summed E-state index contributed by atoms with van der Waals surface area (Å²) in [7, 11) is -7.51. The fourth-order valence-electron chi connectivity index (χ4n) is 5.46. The maximum Gasteiger partial charge on any atom is 0.413 e. The Morgan fingerprint density at radius 1 is 1.18 bits per heavy atom. The number of aliphatic hydroxyl groups excluding tert-OH is 2. The number of aliphatic hydroxyl groups is 2. The van der Waals surface area contributed by atoms with Crippen LogP contribution in [0.25, 0.3) is 11.2 Å². The van der Waals surface area contributed by atoms with Crippen LogP contribution in [-0.4, -0.2) is 111 Å². The van der Waals surface area contributed by atoms with Gasteiger partial charge in [-0.25, -0.2) is 9.78 Å². The summed E-state index contributed by atoms with van der Waals surface area (Å²) < 4.78 is 40.2. The first-order chi connectivity index (χ1) is 18.7. The zero-order chi connectivity index (χ0) is 29.0. The van der Waals surface area contributed by atoms with Crippen LogP contribution < -0.4 is 5.32 Å². The van der Waals surface area contributed by atoms with Gasteiger partial charge in [0, 0.05) is 24.9 Å². The lowest BCUT2D eigenvalue weighted by molar-refractivity contribution is -0.0483. The van der Waals surface area contributed by atoms with Crippen molar-refractivity contribution in [3.8, 4) is 0 Å². The molecule has 222 valence electrons. The second-order valence-electron chi connectivity index (χ2n) is 10.1. The molecule has 1 unspecified atom stereocenters. The van der Waals surface area contributed by atoms with Gasteiger partial charge in [-0.1, -0.05) is 0 Å². The lowest BCUT2D eigenvalue weighted by atomic mass is 10.0. The number of rotatable bonds is 8. The van der Waals surface area contributed by atoms with Crippen LogP contribution in [0.1, 0.15) is 31.9 Å².